The number of piperidine rings is 1. The normalized spacial score (nSPS) is 18.7. The van der Waals surface area contributed by atoms with Crippen molar-refractivity contribution < 1.29 is 4.39 Å². The summed E-state index contributed by atoms with van der Waals surface area (Å²) in [6.07, 6.45) is 4.10. The van der Waals surface area contributed by atoms with Gasteiger partial charge in [0, 0.05) is 11.8 Å². The molecule has 1 unspecified atom stereocenters. The lowest BCUT2D eigenvalue weighted by Crippen LogP contribution is -2.31. The van der Waals surface area contributed by atoms with Crippen molar-refractivity contribution in [3.63, 3.8) is 0 Å². The minimum atomic E-state index is -0.343. The zero-order valence-corrected chi connectivity index (χ0v) is 12.0. The van der Waals surface area contributed by atoms with Crippen LogP contribution in [-0.2, 0) is 6.42 Å². The smallest absolute Gasteiger partial charge is 0.228 e. The molecule has 112 valence electrons. The molecule has 2 aromatic rings. The average molecular weight is 290 g/mol. The minimum Gasteiger partial charge on any atom is -0.316 e. The highest BCUT2D eigenvalue weighted by atomic mass is 19.1. The maximum Gasteiger partial charge on any atom is 0.228 e. The molecule has 3 N–H and O–H groups in total. The maximum absolute atomic E-state index is 13.9. The minimum absolute atomic E-state index is 0.343. The van der Waals surface area contributed by atoms with E-state index in [2.05, 4.69) is 30.8 Å². The number of nitrogens with zero attached hydrogens (tertiary/aromatic N) is 3. The molecule has 1 fully saturated rings. The van der Waals surface area contributed by atoms with Crippen LogP contribution in [0.1, 0.15) is 24.2 Å². The van der Waals surface area contributed by atoms with Gasteiger partial charge in [-0.2, -0.15) is 5.10 Å². The Kier molecular flexibility index (Phi) is 4.10. The standard InChI is InChI=1S/C14H19FN6/c1-9-5-13(21-20-9)19-14-17-8-11(15)12(18-14)6-10-3-2-4-16-7-10/h5,8,10,16H,2-4,6-7H2,1H3,(H2,17,18,19,20,21). The van der Waals surface area contributed by atoms with Gasteiger partial charge in [0.1, 0.15) is 0 Å². The molecule has 21 heavy (non-hydrogen) atoms. The summed E-state index contributed by atoms with van der Waals surface area (Å²) in [6, 6.07) is 1.84. The molecule has 7 heteroatoms. The van der Waals surface area contributed by atoms with E-state index in [-0.39, 0.29) is 5.82 Å². The van der Waals surface area contributed by atoms with Crippen molar-refractivity contribution in [2.24, 2.45) is 5.92 Å². The number of rotatable bonds is 4. The van der Waals surface area contributed by atoms with E-state index >= 15 is 0 Å². The molecule has 3 rings (SSSR count). The summed E-state index contributed by atoms with van der Waals surface area (Å²) in [7, 11) is 0. The Morgan fingerprint density at radius 3 is 3.10 bits per heavy atom. The van der Waals surface area contributed by atoms with E-state index < -0.39 is 0 Å². The van der Waals surface area contributed by atoms with Crippen molar-refractivity contribution in [1.29, 1.82) is 0 Å². The first-order valence-electron chi connectivity index (χ1n) is 7.22. The van der Waals surface area contributed by atoms with Gasteiger partial charge in [-0.1, -0.05) is 0 Å². The molecule has 0 amide bonds. The van der Waals surface area contributed by atoms with Crippen LogP contribution in [-0.4, -0.2) is 33.3 Å². The van der Waals surface area contributed by atoms with Crippen molar-refractivity contribution in [3.05, 3.63) is 29.5 Å². The van der Waals surface area contributed by atoms with Gasteiger partial charge in [0.25, 0.3) is 0 Å². The van der Waals surface area contributed by atoms with Gasteiger partial charge in [0.05, 0.1) is 11.9 Å². The molecule has 0 bridgehead atoms. The van der Waals surface area contributed by atoms with Crippen LogP contribution in [0.2, 0.25) is 0 Å². The Labute approximate surface area is 122 Å². The molecule has 0 aromatic carbocycles. The van der Waals surface area contributed by atoms with E-state index in [4.69, 9.17) is 0 Å². The summed E-state index contributed by atoms with van der Waals surface area (Å²) in [5.74, 6) is 1.10. The fraction of sp³-hybridized carbons (Fsp3) is 0.500. The second-order valence-corrected chi connectivity index (χ2v) is 5.47. The Morgan fingerprint density at radius 1 is 1.48 bits per heavy atom. The first kappa shape index (κ1) is 13.9. The van der Waals surface area contributed by atoms with E-state index in [9.17, 15) is 4.39 Å². The van der Waals surface area contributed by atoms with E-state index in [1.54, 1.807) is 0 Å². The molecule has 0 saturated carbocycles. The Morgan fingerprint density at radius 2 is 2.38 bits per heavy atom. The predicted molar refractivity (Wildman–Crippen MR) is 77.9 cm³/mol. The maximum atomic E-state index is 13.9. The molecular weight excluding hydrogens is 271 g/mol. The fourth-order valence-electron chi connectivity index (χ4n) is 2.57. The van der Waals surface area contributed by atoms with Crippen LogP contribution in [0.25, 0.3) is 0 Å². The van der Waals surface area contributed by atoms with Crippen LogP contribution in [0.4, 0.5) is 16.2 Å². The third-order valence-corrected chi connectivity index (χ3v) is 3.64. The van der Waals surface area contributed by atoms with Crippen molar-refractivity contribution in [2.45, 2.75) is 26.2 Å². The lowest BCUT2D eigenvalue weighted by molar-refractivity contribution is 0.368. The van der Waals surface area contributed by atoms with Crippen LogP contribution in [0.15, 0.2) is 12.3 Å². The van der Waals surface area contributed by atoms with Crippen LogP contribution in [0.5, 0.6) is 0 Å². The summed E-state index contributed by atoms with van der Waals surface area (Å²) in [6.45, 7) is 3.88. The van der Waals surface area contributed by atoms with Crippen molar-refractivity contribution in [1.82, 2.24) is 25.5 Å². The number of halogens is 1. The molecule has 0 aliphatic carbocycles. The number of anilines is 2. The molecule has 1 aliphatic rings. The molecule has 0 radical (unpaired) electrons. The zero-order valence-electron chi connectivity index (χ0n) is 12.0. The number of hydrogen-bond donors (Lipinski definition) is 3. The summed E-state index contributed by atoms with van der Waals surface area (Å²) >= 11 is 0. The van der Waals surface area contributed by atoms with Gasteiger partial charge >= 0.3 is 0 Å². The van der Waals surface area contributed by atoms with Gasteiger partial charge in [-0.3, -0.25) is 5.10 Å². The average Bonchev–Trinajstić information content (AvgIpc) is 2.89. The van der Waals surface area contributed by atoms with Crippen LogP contribution >= 0.6 is 0 Å². The number of hydrogen-bond acceptors (Lipinski definition) is 5. The fourth-order valence-corrected chi connectivity index (χ4v) is 2.57. The zero-order chi connectivity index (χ0) is 14.7. The lowest BCUT2D eigenvalue weighted by atomic mass is 9.94. The number of nitrogens with one attached hydrogen (secondary N) is 3. The van der Waals surface area contributed by atoms with Gasteiger partial charge in [-0.25, -0.2) is 14.4 Å². The van der Waals surface area contributed by atoms with Crippen LogP contribution in [0, 0.1) is 18.7 Å². The number of H-pyrrole nitrogens is 1. The van der Waals surface area contributed by atoms with Gasteiger partial charge in [-0.15, -0.1) is 0 Å². The third-order valence-electron chi connectivity index (χ3n) is 3.64. The molecule has 1 aliphatic heterocycles. The number of aromatic nitrogens is 4. The highest BCUT2D eigenvalue weighted by Gasteiger charge is 2.17. The topological polar surface area (TPSA) is 78.5 Å². The predicted octanol–water partition coefficient (Wildman–Crippen LogP) is 1.93. The highest BCUT2D eigenvalue weighted by molar-refractivity contribution is 5.47. The van der Waals surface area contributed by atoms with E-state index in [1.807, 2.05) is 13.0 Å². The Balaban J connectivity index is 1.72. The summed E-state index contributed by atoms with van der Waals surface area (Å²) in [5, 5.41) is 13.2. The summed E-state index contributed by atoms with van der Waals surface area (Å²) < 4.78 is 13.9. The Bertz CT molecular complexity index is 605. The quantitative estimate of drug-likeness (QED) is 0.802. The second-order valence-electron chi connectivity index (χ2n) is 5.47. The van der Waals surface area contributed by atoms with Crippen LogP contribution in [0.3, 0.4) is 0 Å². The lowest BCUT2D eigenvalue weighted by Gasteiger charge is -2.22. The largest absolute Gasteiger partial charge is 0.316 e. The van der Waals surface area contributed by atoms with Crippen molar-refractivity contribution in [3.8, 4) is 0 Å². The molecular formula is C14H19FN6. The monoisotopic (exact) mass is 290 g/mol. The second kappa shape index (κ2) is 6.17. The summed E-state index contributed by atoms with van der Waals surface area (Å²) in [4.78, 5) is 8.26. The third kappa shape index (κ3) is 3.55. The highest BCUT2D eigenvalue weighted by Crippen LogP contribution is 2.19. The summed E-state index contributed by atoms with van der Waals surface area (Å²) in [5.41, 5.74) is 1.40. The van der Waals surface area contributed by atoms with Crippen LogP contribution < -0.4 is 10.6 Å². The molecule has 6 nitrogen and oxygen atoms in total. The van der Waals surface area contributed by atoms with Gasteiger partial charge in [-0.05, 0) is 45.2 Å². The number of aromatic amines is 1. The molecule has 0 spiro atoms. The number of aryl methyl sites for hydroxylation is 1. The molecule has 2 aromatic heterocycles. The van der Waals surface area contributed by atoms with Gasteiger partial charge in [0.15, 0.2) is 11.6 Å². The SMILES string of the molecule is Cc1cc(Nc2ncc(F)c(CC3CCCNC3)n2)n[nH]1. The molecule has 3 heterocycles. The van der Waals surface area contributed by atoms with Crippen molar-refractivity contribution in [2.75, 3.05) is 18.4 Å². The van der Waals surface area contributed by atoms with E-state index in [0.717, 1.165) is 31.6 Å². The van der Waals surface area contributed by atoms with Gasteiger partial charge < -0.3 is 10.6 Å². The van der Waals surface area contributed by atoms with E-state index in [0.29, 0.717) is 29.8 Å². The first-order chi connectivity index (χ1) is 10.2. The van der Waals surface area contributed by atoms with Gasteiger partial charge in [0.2, 0.25) is 5.95 Å². The Hall–Kier alpha value is -2.02. The van der Waals surface area contributed by atoms with Crippen molar-refractivity contribution >= 4 is 11.8 Å². The first-order valence-corrected chi connectivity index (χ1v) is 7.22. The molecule has 1 saturated heterocycles. The van der Waals surface area contributed by atoms with E-state index in [1.165, 1.54) is 6.20 Å². The molecule has 1 atom stereocenters.